The molecular weight excluding hydrogens is 377 g/mol. The van der Waals surface area contributed by atoms with Crippen molar-refractivity contribution in [2.45, 2.75) is 6.61 Å². The standard InChI is InChI=1S/C18H18FNO6S/c19-27(22,23)26-17-7-5-16(6-8-17)25-13-14-1-3-15(4-2-14)18(21)20-9-11-24-12-10-20/h1-8H,9-13H2. The molecule has 1 heterocycles. The first-order valence-corrected chi connectivity index (χ1v) is 9.54. The molecular formula is C18H18FNO6S. The van der Waals surface area contributed by atoms with Crippen LogP contribution < -0.4 is 8.92 Å². The van der Waals surface area contributed by atoms with Gasteiger partial charge in [-0.25, -0.2) is 0 Å². The number of hydrogen-bond acceptors (Lipinski definition) is 6. The summed E-state index contributed by atoms with van der Waals surface area (Å²) in [6.45, 7) is 2.55. The van der Waals surface area contributed by atoms with Gasteiger partial charge in [-0.3, -0.25) is 4.79 Å². The Bertz CT molecular complexity index is 877. The van der Waals surface area contributed by atoms with Crippen LogP contribution in [-0.4, -0.2) is 45.5 Å². The van der Waals surface area contributed by atoms with Gasteiger partial charge in [0.25, 0.3) is 5.91 Å². The van der Waals surface area contributed by atoms with E-state index in [0.29, 0.717) is 37.6 Å². The lowest BCUT2D eigenvalue weighted by atomic mass is 10.1. The molecule has 0 atom stereocenters. The number of carbonyl (C=O) groups excluding carboxylic acids is 1. The number of ether oxygens (including phenoxy) is 2. The highest BCUT2D eigenvalue weighted by molar-refractivity contribution is 7.81. The van der Waals surface area contributed by atoms with Gasteiger partial charge in [-0.05, 0) is 42.0 Å². The lowest BCUT2D eigenvalue weighted by Gasteiger charge is -2.26. The highest BCUT2D eigenvalue weighted by atomic mass is 32.3. The third-order valence-corrected chi connectivity index (χ3v) is 4.32. The maximum Gasteiger partial charge on any atom is 0.488 e. The van der Waals surface area contributed by atoms with Crippen molar-refractivity contribution in [1.29, 1.82) is 0 Å². The van der Waals surface area contributed by atoms with Crippen LogP contribution in [0, 0.1) is 0 Å². The number of halogens is 1. The van der Waals surface area contributed by atoms with E-state index in [2.05, 4.69) is 4.18 Å². The molecule has 0 bridgehead atoms. The van der Waals surface area contributed by atoms with Gasteiger partial charge in [-0.15, -0.1) is 0 Å². The molecule has 2 aromatic carbocycles. The molecule has 144 valence electrons. The second kappa shape index (κ2) is 8.36. The molecule has 1 aliphatic heterocycles. The molecule has 0 spiro atoms. The average molecular weight is 395 g/mol. The normalized spacial score (nSPS) is 14.6. The zero-order valence-corrected chi connectivity index (χ0v) is 15.2. The summed E-state index contributed by atoms with van der Waals surface area (Å²) in [4.78, 5) is 14.1. The summed E-state index contributed by atoms with van der Waals surface area (Å²) in [7, 11) is -5.04. The SMILES string of the molecule is O=C(c1ccc(COc2ccc(OS(=O)(=O)F)cc2)cc1)N1CCOCC1. The zero-order chi connectivity index (χ0) is 19.3. The molecule has 7 nitrogen and oxygen atoms in total. The Balaban J connectivity index is 1.54. The van der Waals surface area contributed by atoms with E-state index in [1.807, 2.05) is 0 Å². The van der Waals surface area contributed by atoms with Crippen molar-refractivity contribution in [2.75, 3.05) is 26.3 Å². The van der Waals surface area contributed by atoms with Crippen molar-refractivity contribution in [3.63, 3.8) is 0 Å². The molecule has 1 aliphatic rings. The second-order valence-electron chi connectivity index (χ2n) is 5.84. The Morgan fingerprint density at radius 2 is 1.59 bits per heavy atom. The second-order valence-corrected chi connectivity index (χ2v) is 6.79. The molecule has 3 rings (SSSR count). The lowest BCUT2D eigenvalue weighted by molar-refractivity contribution is 0.0303. The van der Waals surface area contributed by atoms with Crippen LogP contribution in [-0.2, 0) is 21.8 Å². The van der Waals surface area contributed by atoms with Crippen molar-refractivity contribution in [3.8, 4) is 11.5 Å². The van der Waals surface area contributed by atoms with Crippen molar-refractivity contribution >= 4 is 16.4 Å². The fraction of sp³-hybridized carbons (Fsp3) is 0.278. The Morgan fingerprint density at radius 1 is 1.00 bits per heavy atom. The minimum absolute atomic E-state index is 0.0239. The van der Waals surface area contributed by atoms with Gasteiger partial charge in [-0.2, -0.15) is 8.42 Å². The molecule has 27 heavy (non-hydrogen) atoms. The summed E-state index contributed by atoms with van der Waals surface area (Å²) in [5.41, 5.74) is 1.47. The van der Waals surface area contributed by atoms with Crippen LogP contribution in [0.15, 0.2) is 48.5 Å². The molecule has 1 saturated heterocycles. The third-order valence-electron chi connectivity index (χ3n) is 3.92. The van der Waals surface area contributed by atoms with Gasteiger partial charge >= 0.3 is 10.5 Å². The van der Waals surface area contributed by atoms with E-state index < -0.39 is 10.5 Å². The number of nitrogens with zero attached hydrogens (tertiary/aromatic N) is 1. The predicted octanol–water partition coefficient (Wildman–Crippen LogP) is 2.33. The van der Waals surface area contributed by atoms with Crippen LogP contribution >= 0.6 is 0 Å². The fourth-order valence-corrected chi connectivity index (χ4v) is 2.91. The predicted molar refractivity (Wildman–Crippen MR) is 94.6 cm³/mol. The summed E-state index contributed by atoms with van der Waals surface area (Å²) in [5, 5.41) is 0. The van der Waals surface area contributed by atoms with Gasteiger partial charge in [0.2, 0.25) is 0 Å². The Morgan fingerprint density at radius 3 is 2.19 bits per heavy atom. The molecule has 0 unspecified atom stereocenters. The van der Waals surface area contributed by atoms with Crippen LogP contribution in [0.4, 0.5) is 3.89 Å². The van der Waals surface area contributed by atoms with Crippen LogP contribution in [0.3, 0.4) is 0 Å². The van der Waals surface area contributed by atoms with E-state index in [-0.39, 0.29) is 18.3 Å². The third kappa shape index (κ3) is 5.66. The monoisotopic (exact) mass is 395 g/mol. The molecule has 0 aliphatic carbocycles. The minimum Gasteiger partial charge on any atom is -0.489 e. The van der Waals surface area contributed by atoms with Crippen molar-refractivity contribution < 1.29 is 30.8 Å². The molecule has 1 amide bonds. The number of rotatable bonds is 6. The minimum atomic E-state index is -5.04. The number of carbonyl (C=O) groups is 1. The molecule has 2 aromatic rings. The summed E-state index contributed by atoms with van der Waals surface area (Å²) in [6.07, 6.45) is 0. The van der Waals surface area contributed by atoms with Gasteiger partial charge in [0.15, 0.2) is 0 Å². The fourth-order valence-electron chi connectivity index (χ4n) is 2.57. The van der Waals surface area contributed by atoms with Gasteiger partial charge in [0, 0.05) is 18.7 Å². The van der Waals surface area contributed by atoms with E-state index >= 15 is 0 Å². The van der Waals surface area contributed by atoms with Crippen molar-refractivity contribution in [2.24, 2.45) is 0 Å². The Kier molecular flexibility index (Phi) is 5.92. The Labute approximate surface area is 156 Å². The van der Waals surface area contributed by atoms with Crippen LogP contribution in [0.25, 0.3) is 0 Å². The van der Waals surface area contributed by atoms with Crippen LogP contribution in [0.2, 0.25) is 0 Å². The number of benzene rings is 2. The van der Waals surface area contributed by atoms with Gasteiger partial charge < -0.3 is 18.6 Å². The summed E-state index contributed by atoms with van der Waals surface area (Å²) in [5.74, 6) is 0.298. The lowest BCUT2D eigenvalue weighted by Crippen LogP contribution is -2.40. The largest absolute Gasteiger partial charge is 0.489 e. The van der Waals surface area contributed by atoms with E-state index in [9.17, 15) is 17.1 Å². The highest BCUT2D eigenvalue weighted by Crippen LogP contribution is 2.20. The maximum atomic E-state index is 12.4. The summed E-state index contributed by atoms with van der Waals surface area (Å²) >= 11 is 0. The van der Waals surface area contributed by atoms with Gasteiger partial charge in [0.1, 0.15) is 18.1 Å². The quantitative estimate of drug-likeness (QED) is 0.699. The maximum absolute atomic E-state index is 12.4. The molecule has 0 aromatic heterocycles. The summed E-state index contributed by atoms with van der Waals surface area (Å²) < 4.78 is 48.2. The first kappa shape index (κ1) is 19.1. The number of morpholine rings is 1. The Hall–Kier alpha value is -2.65. The number of hydrogen-bond donors (Lipinski definition) is 0. The molecule has 0 saturated carbocycles. The van der Waals surface area contributed by atoms with Crippen LogP contribution in [0.5, 0.6) is 11.5 Å². The van der Waals surface area contributed by atoms with E-state index in [1.54, 1.807) is 29.2 Å². The molecule has 0 radical (unpaired) electrons. The topological polar surface area (TPSA) is 82.1 Å². The van der Waals surface area contributed by atoms with Gasteiger partial charge in [-0.1, -0.05) is 16.0 Å². The number of amides is 1. The first-order valence-electron chi connectivity index (χ1n) is 8.24. The highest BCUT2D eigenvalue weighted by Gasteiger charge is 2.18. The van der Waals surface area contributed by atoms with Gasteiger partial charge in [0.05, 0.1) is 13.2 Å². The van der Waals surface area contributed by atoms with E-state index in [1.165, 1.54) is 24.3 Å². The van der Waals surface area contributed by atoms with Crippen molar-refractivity contribution in [1.82, 2.24) is 4.90 Å². The smallest absolute Gasteiger partial charge is 0.488 e. The summed E-state index contributed by atoms with van der Waals surface area (Å²) in [6, 6.07) is 12.6. The first-order chi connectivity index (χ1) is 12.9. The van der Waals surface area contributed by atoms with Crippen molar-refractivity contribution in [3.05, 3.63) is 59.7 Å². The molecule has 1 fully saturated rings. The van der Waals surface area contributed by atoms with E-state index in [0.717, 1.165) is 5.56 Å². The molecule has 9 heteroatoms. The zero-order valence-electron chi connectivity index (χ0n) is 14.3. The average Bonchev–Trinajstić information content (AvgIpc) is 2.67. The van der Waals surface area contributed by atoms with Crippen LogP contribution in [0.1, 0.15) is 15.9 Å². The molecule has 0 N–H and O–H groups in total. The van der Waals surface area contributed by atoms with E-state index in [4.69, 9.17) is 9.47 Å².